The summed E-state index contributed by atoms with van der Waals surface area (Å²) in [5.74, 6) is -0.441. The molecule has 0 unspecified atom stereocenters. The van der Waals surface area contributed by atoms with E-state index in [0.717, 1.165) is 0 Å². The molecule has 0 aliphatic rings. The minimum absolute atomic E-state index is 0.266. The highest BCUT2D eigenvalue weighted by Crippen LogP contribution is 2.16. The Balaban J connectivity index is 1.79. The van der Waals surface area contributed by atoms with Crippen LogP contribution < -0.4 is 5.32 Å². The summed E-state index contributed by atoms with van der Waals surface area (Å²) >= 11 is 4.87. The van der Waals surface area contributed by atoms with E-state index in [1.807, 2.05) is 0 Å². The number of methoxy groups -OCH3 is 1. The molecule has 8 nitrogen and oxygen atoms in total. The summed E-state index contributed by atoms with van der Waals surface area (Å²) in [7, 11) is 1.48. The van der Waals surface area contributed by atoms with Gasteiger partial charge in [0.05, 0.1) is 25.5 Å². The second kappa shape index (κ2) is 6.48. The molecule has 0 bridgehead atoms. The largest absolute Gasteiger partial charge is 0.474 e. The Morgan fingerprint density at radius 1 is 1.39 bits per heavy atom. The van der Waals surface area contributed by atoms with Gasteiger partial charge in [0.15, 0.2) is 5.82 Å². The van der Waals surface area contributed by atoms with Crippen LogP contribution in [0.25, 0.3) is 11.4 Å². The Bertz CT molecular complexity index is 818. The molecule has 2 heterocycles. The summed E-state index contributed by atoms with van der Waals surface area (Å²) in [4.78, 5) is 3.80. The SMILES string of the molecule is COC(=S)NCc1cn(-c2ccc(-n3cncn3)c(F)c2)nn1. The zero-order valence-electron chi connectivity index (χ0n) is 12.0. The van der Waals surface area contributed by atoms with Crippen molar-refractivity contribution in [2.45, 2.75) is 6.54 Å². The second-order valence-corrected chi connectivity index (χ2v) is 4.85. The van der Waals surface area contributed by atoms with E-state index in [1.165, 1.54) is 35.2 Å². The highest BCUT2D eigenvalue weighted by atomic mass is 32.1. The fourth-order valence-corrected chi connectivity index (χ4v) is 1.97. The molecular weight excluding hydrogens is 321 g/mol. The Hall–Kier alpha value is -2.88. The number of ether oxygens (including phenoxy) is 1. The predicted molar refractivity (Wildman–Crippen MR) is 82.7 cm³/mol. The first-order valence-corrected chi connectivity index (χ1v) is 6.96. The molecule has 3 rings (SSSR count). The van der Waals surface area contributed by atoms with Gasteiger partial charge in [0.25, 0.3) is 5.17 Å². The standard InChI is InChI=1S/C13H12FN7OS/c1-22-13(23)16-5-9-6-20(19-18-9)10-2-3-12(11(14)4-10)21-8-15-7-17-21/h2-4,6-8H,5H2,1H3,(H,16,23). The van der Waals surface area contributed by atoms with Crippen LogP contribution in [0.1, 0.15) is 5.69 Å². The van der Waals surface area contributed by atoms with E-state index in [0.29, 0.717) is 23.6 Å². The molecule has 0 atom stereocenters. The number of halogens is 1. The summed E-state index contributed by atoms with van der Waals surface area (Å²) in [6.45, 7) is 0.367. The lowest BCUT2D eigenvalue weighted by Gasteiger charge is -2.05. The van der Waals surface area contributed by atoms with Crippen molar-refractivity contribution < 1.29 is 9.13 Å². The van der Waals surface area contributed by atoms with Gasteiger partial charge in [0.2, 0.25) is 0 Å². The number of benzene rings is 1. The van der Waals surface area contributed by atoms with Gasteiger partial charge < -0.3 is 10.1 Å². The van der Waals surface area contributed by atoms with E-state index in [4.69, 9.17) is 17.0 Å². The molecule has 118 valence electrons. The molecule has 0 saturated carbocycles. The van der Waals surface area contributed by atoms with Crippen LogP contribution in [0.2, 0.25) is 0 Å². The first-order chi connectivity index (χ1) is 11.2. The molecule has 0 saturated heterocycles. The fraction of sp³-hybridized carbons (Fsp3) is 0.154. The van der Waals surface area contributed by atoms with Crippen molar-refractivity contribution in [2.75, 3.05) is 7.11 Å². The Morgan fingerprint density at radius 3 is 2.96 bits per heavy atom. The molecule has 0 aliphatic carbocycles. The summed E-state index contributed by atoms with van der Waals surface area (Å²) in [6.07, 6.45) is 4.44. The topological polar surface area (TPSA) is 82.7 Å². The van der Waals surface area contributed by atoms with Crippen molar-refractivity contribution >= 4 is 17.4 Å². The molecule has 0 amide bonds. The summed E-state index contributed by atoms with van der Waals surface area (Å²) in [5.41, 5.74) is 1.49. The van der Waals surface area contributed by atoms with Crippen LogP contribution in [0.15, 0.2) is 37.1 Å². The van der Waals surface area contributed by atoms with Crippen LogP contribution in [0.4, 0.5) is 4.39 Å². The summed E-state index contributed by atoms with van der Waals surface area (Å²) in [6, 6.07) is 4.66. The van der Waals surface area contributed by atoms with Gasteiger partial charge in [0, 0.05) is 6.07 Å². The van der Waals surface area contributed by atoms with E-state index >= 15 is 0 Å². The van der Waals surface area contributed by atoms with Crippen molar-refractivity contribution in [2.24, 2.45) is 0 Å². The lowest BCUT2D eigenvalue weighted by atomic mass is 10.2. The maximum atomic E-state index is 14.2. The lowest BCUT2D eigenvalue weighted by molar-refractivity contribution is 0.392. The van der Waals surface area contributed by atoms with Gasteiger partial charge in [-0.15, -0.1) is 5.10 Å². The van der Waals surface area contributed by atoms with Gasteiger partial charge in [0.1, 0.15) is 24.0 Å². The molecule has 1 aromatic carbocycles. The Kier molecular flexibility index (Phi) is 4.24. The number of aromatic nitrogens is 6. The summed E-state index contributed by atoms with van der Waals surface area (Å²) in [5, 5.41) is 15.0. The molecule has 0 spiro atoms. The second-order valence-electron chi connectivity index (χ2n) is 4.48. The van der Waals surface area contributed by atoms with Crippen molar-refractivity contribution in [3.8, 4) is 11.4 Å². The third kappa shape index (κ3) is 3.31. The molecule has 0 fully saturated rings. The minimum atomic E-state index is -0.441. The first kappa shape index (κ1) is 15.0. The van der Waals surface area contributed by atoms with Gasteiger partial charge >= 0.3 is 0 Å². The number of hydrogen-bond donors (Lipinski definition) is 1. The Morgan fingerprint density at radius 2 is 2.26 bits per heavy atom. The van der Waals surface area contributed by atoms with Crippen molar-refractivity contribution in [3.05, 3.63) is 48.6 Å². The van der Waals surface area contributed by atoms with E-state index in [2.05, 4.69) is 25.7 Å². The average molecular weight is 333 g/mol. The average Bonchev–Trinajstić information content (AvgIpc) is 3.24. The normalized spacial score (nSPS) is 10.5. The number of rotatable bonds is 4. The van der Waals surface area contributed by atoms with Crippen molar-refractivity contribution in [1.82, 2.24) is 35.1 Å². The molecular formula is C13H12FN7OS. The third-order valence-electron chi connectivity index (χ3n) is 3.00. The van der Waals surface area contributed by atoms with Gasteiger partial charge in [-0.1, -0.05) is 5.21 Å². The zero-order chi connectivity index (χ0) is 16.2. The molecule has 23 heavy (non-hydrogen) atoms. The van der Waals surface area contributed by atoms with Crippen molar-refractivity contribution in [1.29, 1.82) is 0 Å². The molecule has 0 aliphatic heterocycles. The summed E-state index contributed by atoms with van der Waals surface area (Å²) < 4.78 is 21.9. The zero-order valence-corrected chi connectivity index (χ0v) is 12.9. The number of hydrogen-bond acceptors (Lipinski definition) is 6. The van der Waals surface area contributed by atoms with Crippen LogP contribution in [0.3, 0.4) is 0 Å². The van der Waals surface area contributed by atoms with Crippen molar-refractivity contribution in [3.63, 3.8) is 0 Å². The number of thiocarbonyl (C=S) groups is 1. The molecule has 2 aromatic heterocycles. The highest BCUT2D eigenvalue weighted by Gasteiger charge is 2.09. The van der Waals surface area contributed by atoms with E-state index < -0.39 is 5.82 Å². The molecule has 0 radical (unpaired) electrons. The maximum absolute atomic E-state index is 14.2. The van der Waals surface area contributed by atoms with Gasteiger partial charge in [-0.25, -0.2) is 18.7 Å². The van der Waals surface area contributed by atoms with Gasteiger partial charge in [-0.3, -0.25) is 0 Å². The predicted octanol–water partition coefficient (Wildman–Crippen LogP) is 1.01. The molecule has 3 aromatic rings. The molecule has 10 heteroatoms. The smallest absolute Gasteiger partial charge is 0.256 e. The first-order valence-electron chi connectivity index (χ1n) is 6.55. The minimum Gasteiger partial charge on any atom is -0.474 e. The Labute approximate surface area is 135 Å². The number of nitrogens with one attached hydrogen (secondary N) is 1. The lowest BCUT2D eigenvalue weighted by Crippen LogP contribution is -2.22. The van der Waals surface area contributed by atoms with Crippen LogP contribution in [0.5, 0.6) is 0 Å². The van der Waals surface area contributed by atoms with E-state index in [-0.39, 0.29) is 5.17 Å². The van der Waals surface area contributed by atoms with E-state index in [9.17, 15) is 4.39 Å². The third-order valence-corrected chi connectivity index (χ3v) is 3.31. The van der Waals surface area contributed by atoms with Crippen LogP contribution in [0, 0.1) is 5.82 Å². The highest BCUT2D eigenvalue weighted by molar-refractivity contribution is 7.80. The van der Waals surface area contributed by atoms with Crippen LogP contribution in [-0.4, -0.2) is 42.0 Å². The molecule has 1 N–H and O–H groups in total. The maximum Gasteiger partial charge on any atom is 0.256 e. The van der Waals surface area contributed by atoms with Crippen LogP contribution in [-0.2, 0) is 11.3 Å². The van der Waals surface area contributed by atoms with E-state index in [1.54, 1.807) is 18.3 Å². The van der Waals surface area contributed by atoms with Crippen LogP contribution >= 0.6 is 12.2 Å². The fourth-order valence-electron chi connectivity index (χ4n) is 1.90. The monoisotopic (exact) mass is 333 g/mol. The number of nitrogens with zero attached hydrogens (tertiary/aromatic N) is 6. The van der Waals surface area contributed by atoms with Gasteiger partial charge in [-0.2, -0.15) is 5.10 Å². The van der Waals surface area contributed by atoms with Gasteiger partial charge in [-0.05, 0) is 24.4 Å². The quantitative estimate of drug-likeness (QED) is 0.713.